The first-order chi connectivity index (χ1) is 6.27. The molecule has 2 N–H and O–H groups in total. The van der Waals surface area contributed by atoms with E-state index in [9.17, 15) is 9.59 Å². The number of ketones is 1. The van der Waals surface area contributed by atoms with E-state index in [1.54, 1.807) is 24.3 Å². The number of hydrogen-bond donors (Lipinski definition) is 0. The van der Waals surface area contributed by atoms with Gasteiger partial charge in [-0.05, 0) is 31.2 Å². The van der Waals surface area contributed by atoms with E-state index >= 15 is 0 Å². The van der Waals surface area contributed by atoms with Crippen LogP contribution in [0.2, 0.25) is 0 Å². The van der Waals surface area contributed by atoms with Crippen molar-refractivity contribution in [2.75, 3.05) is 6.61 Å². The lowest BCUT2D eigenvalue weighted by Gasteiger charge is -2.01. The molecule has 0 bridgehead atoms. The number of carbonyl (C=O) groups is 2. The normalized spacial score (nSPS) is 8.64. The summed E-state index contributed by atoms with van der Waals surface area (Å²) >= 11 is 0. The highest BCUT2D eigenvalue weighted by Crippen LogP contribution is 2.11. The third kappa shape index (κ3) is 2.99. The zero-order chi connectivity index (χ0) is 9.68. The second-order valence-electron chi connectivity index (χ2n) is 2.44. The Morgan fingerprint density at radius 1 is 1.36 bits per heavy atom. The number of Topliss-reactive ketones (excluding diaryl/α,β-unsaturated/α-hetero) is 1. The van der Waals surface area contributed by atoms with E-state index in [1.165, 1.54) is 0 Å². The van der Waals surface area contributed by atoms with Crippen molar-refractivity contribution >= 4 is 12.1 Å². The fraction of sp³-hybridized carbons (Fsp3) is 0.200. The third-order valence-corrected chi connectivity index (χ3v) is 1.56. The van der Waals surface area contributed by atoms with Crippen molar-refractivity contribution in [1.82, 2.24) is 0 Å². The largest absolute Gasteiger partial charge is 0.494 e. The number of aldehydes is 1. The third-order valence-electron chi connectivity index (χ3n) is 1.56. The molecule has 0 heterocycles. The maximum absolute atomic E-state index is 10.9. The van der Waals surface area contributed by atoms with Crippen molar-refractivity contribution < 1.29 is 19.8 Å². The van der Waals surface area contributed by atoms with Gasteiger partial charge in [0.2, 0.25) is 5.78 Å². The van der Waals surface area contributed by atoms with E-state index in [-0.39, 0.29) is 5.48 Å². The average molecular weight is 196 g/mol. The van der Waals surface area contributed by atoms with Crippen LogP contribution in [0.15, 0.2) is 24.3 Å². The Bertz CT molecular complexity index is 302. The van der Waals surface area contributed by atoms with E-state index in [1.807, 2.05) is 6.92 Å². The summed E-state index contributed by atoms with van der Waals surface area (Å²) in [7, 11) is 0. The fourth-order valence-electron chi connectivity index (χ4n) is 0.950. The number of hydrogen-bond acceptors (Lipinski definition) is 3. The van der Waals surface area contributed by atoms with Crippen LogP contribution in [0, 0.1) is 0 Å². The topological polar surface area (TPSA) is 74.9 Å². The predicted octanol–water partition coefficient (Wildman–Crippen LogP) is 0.642. The zero-order valence-electron chi connectivity index (χ0n) is 7.82. The summed E-state index contributed by atoms with van der Waals surface area (Å²) in [6.45, 7) is 2.46. The standard InChI is InChI=1S/C10H10O3.H2O/c1-2-13-9-5-3-8(4-6-9)10(12)7-11;/h3-7H,2H2,1H3;1H2. The highest BCUT2D eigenvalue weighted by molar-refractivity contribution is 6.33. The lowest BCUT2D eigenvalue weighted by Crippen LogP contribution is -1.99. The zero-order valence-corrected chi connectivity index (χ0v) is 7.82. The number of ether oxygens (including phenoxy) is 1. The molecule has 0 aliphatic rings. The highest BCUT2D eigenvalue weighted by atomic mass is 16.5. The molecule has 0 unspecified atom stereocenters. The Hall–Kier alpha value is -1.68. The van der Waals surface area contributed by atoms with Crippen LogP contribution in [0.4, 0.5) is 0 Å². The van der Waals surface area contributed by atoms with Crippen LogP contribution in [0.5, 0.6) is 5.75 Å². The van der Waals surface area contributed by atoms with Crippen LogP contribution in [0.3, 0.4) is 0 Å². The predicted molar refractivity (Wildman–Crippen MR) is 51.6 cm³/mol. The van der Waals surface area contributed by atoms with Gasteiger partial charge in [-0.15, -0.1) is 0 Å². The molecule has 0 aliphatic heterocycles. The first-order valence-electron chi connectivity index (χ1n) is 4.00. The summed E-state index contributed by atoms with van der Waals surface area (Å²) in [6.07, 6.45) is 0.301. The van der Waals surface area contributed by atoms with Crippen LogP contribution in [0.25, 0.3) is 0 Å². The van der Waals surface area contributed by atoms with E-state index in [4.69, 9.17) is 4.74 Å². The Morgan fingerprint density at radius 3 is 2.36 bits per heavy atom. The molecule has 1 aromatic carbocycles. The molecule has 0 saturated heterocycles. The smallest absolute Gasteiger partial charge is 0.225 e. The summed E-state index contributed by atoms with van der Waals surface area (Å²) in [6, 6.07) is 6.48. The van der Waals surface area contributed by atoms with Gasteiger partial charge in [0.05, 0.1) is 6.61 Å². The summed E-state index contributed by atoms with van der Waals surface area (Å²) in [5.74, 6) is 0.188. The molecule has 0 amide bonds. The molecule has 4 heteroatoms. The fourth-order valence-corrected chi connectivity index (χ4v) is 0.950. The molecule has 0 atom stereocenters. The molecule has 76 valence electrons. The maximum Gasteiger partial charge on any atom is 0.225 e. The Labute approximate surface area is 81.8 Å². The van der Waals surface area contributed by atoms with Crippen molar-refractivity contribution in [1.29, 1.82) is 0 Å². The minimum Gasteiger partial charge on any atom is -0.494 e. The van der Waals surface area contributed by atoms with Gasteiger partial charge in [0.25, 0.3) is 0 Å². The average Bonchev–Trinajstić information content (AvgIpc) is 2.18. The number of benzene rings is 1. The van der Waals surface area contributed by atoms with Gasteiger partial charge in [-0.25, -0.2) is 0 Å². The molecule has 0 fully saturated rings. The van der Waals surface area contributed by atoms with E-state index < -0.39 is 5.78 Å². The van der Waals surface area contributed by atoms with Gasteiger partial charge in [-0.3, -0.25) is 9.59 Å². The Morgan fingerprint density at radius 2 is 1.93 bits per heavy atom. The molecule has 0 saturated carbocycles. The van der Waals surface area contributed by atoms with Crippen LogP contribution in [-0.2, 0) is 4.79 Å². The summed E-state index contributed by atoms with van der Waals surface area (Å²) in [5.41, 5.74) is 0.387. The minimum absolute atomic E-state index is 0. The molecule has 4 nitrogen and oxygen atoms in total. The van der Waals surface area contributed by atoms with Gasteiger partial charge in [0, 0.05) is 5.56 Å². The second kappa shape index (κ2) is 5.88. The molecule has 14 heavy (non-hydrogen) atoms. The molecular formula is C10H12O4. The van der Waals surface area contributed by atoms with Gasteiger partial charge in [-0.2, -0.15) is 0 Å². The number of rotatable bonds is 4. The quantitative estimate of drug-likeness (QED) is 0.403. The first kappa shape index (κ1) is 12.3. The summed E-state index contributed by atoms with van der Waals surface area (Å²) in [5, 5.41) is 0. The lowest BCUT2D eigenvalue weighted by atomic mass is 10.1. The molecule has 1 aromatic rings. The summed E-state index contributed by atoms with van der Waals surface area (Å²) in [4.78, 5) is 21.0. The highest BCUT2D eigenvalue weighted by Gasteiger charge is 2.02. The first-order valence-corrected chi connectivity index (χ1v) is 4.00. The van der Waals surface area contributed by atoms with Crippen molar-refractivity contribution in [2.24, 2.45) is 0 Å². The van der Waals surface area contributed by atoms with Gasteiger partial charge in [0.1, 0.15) is 5.75 Å². The van der Waals surface area contributed by atoms with Crippen LogP contribution < -0.4 is 4.74 Å². The van der Waals surface area contributed by atoms with Gasteiger partial charge in [0.15, 0.2) is 6.29 Å². The van der Waals surface area contributed by atoms with Crippen molar-refractivity contribution in [2.45, 2.75) is 6.92 Å². The van der Waals surface area contributed by atoms with Crippen molar-refractivity contribution in [3.8, 4) is 5.75 Å². The van der Waals surface area contributed by atoms with Gasteiger partial charge >= 0.3 is 0 Å². The molecule has 0 spiro atoms. The minimum atomic E-state index is -0.511. The molecular weight excluding hydrogens is 184 g/mol. The Balaban J connectivity index is 0.00000169. The molecule has 0 aliphatic carbocycles. The van der Waals surface area contributed by atoms with Gasteiger partial charge in [-0.1, -0.05) is 0 Å². The van der Waals surface area contributed by atoms with Crippen LogP contribution in [0.1, 0.15) is 17.3 Å². The second-order valence-corrected chi connectivity index (χ2v) is 2.44. The molecule has 1 rings (SSSR count). The molecule has 0 radical (unpaired) electrons. The maximum atomic E-state index is 10.9. The van der Waals surface area contributed by atoms with Gasteiger partial charge < -0.3 is 10.2 Å². The van der Waals surface area contributed by atoms with Crippen molar-refractivity contribution in [3.63, 3.8) is 0 Å². The Kier molecular flexibility index (Phi) is 5.17. The van der Waals surface area contributed by atoms with E-state index in [2.05, 4.69) is 0 Å². The molecule has 0 aromatic heterocycles. The summed E-state index contributed by atoms with van der Waals surface area (Å²) < 4.78 is 5.17. The number of carbonyl (C=O) groups excluding carboxylic acids is 2. The van der Waals surface area contributed by atoms with E-state index in [0.717, 1.165) is 0 Å². The van der Waals surface area contributed by atoms with Crippen LogP contribution in [-0.4, -0.2) is 24.2 Å². The lowest BCUT2D eigenvalue weighted by molar-refractivity contribution is -0.104. The van der Waals surface area contributed by atoms with Crippen molar-refractivity contribution in [3.05, 3.63) is 29.8 Å². The van der Waals surface area contributed by atoms with Crippen LogP contribution >= 0.6 is 0 Å². The van der Waals surface area contributed by atoms with E-state index in [0.29, 0.717) is 24.2 Å². The SMILES string of the molecule is CCOc1ccc(C(=O)C=O)cc1.O. The monoisotopic (exact) mass is 196 g/mol.